The summed E-state index contributed by atoms with van der Waals surface area (Å²) < 4.78 is 1.45. The molecule has 1 aromatic carbocycles. The van der Waals surface area contributed by atoms with Crippen LogP contribution in [0.4, 0.5) is 5.95 Å². The van der Waals surface area contributed by atoms with E-state index in [4.69, 9.17) is 5.73 Å². The van der Waals surface area contributed by atoms with Crippen LogP contribution in [0, 0.1) is 6.92 Å². The van der Waals surface area contributed by atoms with Crippen molar-refractivity contribution in [2.45, 2.75) is 26.7 Å². The van der Waals surface area contributed by atoms with E-state index in [1.807, 2.05) is 25.1 Å². The number of hydrogen-bond donors (Lipinski definition) is 1. The second-order valence-corrected chi connectivity index (χ2v) is 4.53. The molecule has 0 spiro atoms. The molecule has 2 N–H and O–H groups in total. The number of rotatable bonds is 2. The number of aromatic nitrogens is 3. The molecule has 0 saturated heterocycles. The van der Waals surface area contributed by atoms with Gasteiger partial charge in [-0.15, -0.1) is 0 Å². The third kappa shape index (κ3) is 2.11. The molecular weight excluding hydrogens is 228 g/mol. The van der Waals surface area contributed by atoms with E-state index >= 15 is 0 Å². The highest BCUT2D eigenvalue weighted by Gasteiger charge is 2.12. The zero-order valence-corrected chi connectivity index (χ0v) is 10.7. The van der Waals surface area contributed by atoms with E-state index in [0.29, 0.717) is 5.92 Å². The molecule has 0 bridgehead atoms. The molecule has 1 aromatic heterocycles. The highest BCUT2D eigenvalue weighted by Crippen LogP contribution is 2.24. The van der Waals surface area contributed by atoms with Gasteiger partial charge in [-0.1, -0.05) is 32.0 Å². The van der Waals surface area contributed by atoms with Crippen LogP contribution in [0.25, 0.3) is 5.69 Å². The summed E-state index contributed by atoms with van der Waals surface area (Å²) in [6.07, 6.45) is 1.43. The number of aryl methyl sites for hydroxylation is 1. The van der Waals surface area contributed by atoms with Crippen LogP contribution in [0.2, 0.25) is 0 Å². The predicted octanol–water partition coefficient (Wildman–Crippen LogP) is 1.64. The quantitative estimate of drug-likeness (QED) is 0.871. The van der Waals surface area contributed by atoms with Crippen LogP contribution >= 0.6 is 0 Å². The summed E-state index contributed by atoms with van der Waals surface area (Å²) >= 11 is 0. The van der Waals surface area contributed by atoms with Crippen LogP contribution in [0.3, 0.4) is 0 Å². The van der Waals surface area contributed by atoms with Crippen molar-refractivity contribution < 1.29 is 0 Å². The van der Waals surface area contributed by atoms with Gasteiger partial charge in [-0.05, 0) is 24.0 Å². The van der Waals surface area contributed by atoms with Gasteiger partial charge in [-0.25, -0.2) is 9.78 Å². The van der Waals surface area contributed by atoms with Crippen molar-refractivity contribution in [2.75, 3.05) is 5.73 Å². The minimum atomic E-state index is -0.404. The average Bonchev–Trinajstić information content (AvgIpc) is 2.29. The molecule has 0 aliphatic heterocycles. The molecule has 2 rings (SSSR count). The predicted molar refractivity (Wildman–Crippen MR) is 70.9 cm³/mol. The lowest BCUT2D eigenvalue weighted by atomic mass is 9.98. The van der Waals surface area contributed by atoms with Crippen molar-refractivity contribution in [1.29, 1.82) is 0 Å². The molecule has 1 heterocycles. The van der Waals surface area contributed by atoms with Crippen molar-refractivity contribution in [3.8, 4) is 5.69 Å². The second-order valence-electron chi connectivity index (χ2n) is 4.53. The van der Waals surface area contributed by atoms with Gasteiger partial charge in [0.05, 0.1) is 5.69 Å². The summed E-state index contributed by atoms with van der Waals surface area (Å²) in [6, 6.07) is 5.96. The first-order valence-corrected chi connectivity index (χ1v) is 5.81. The fourth-order valence-corrected chi connectivity index (χ4v) is 1.98. The number of anilines is 1. The Hall–Kier alpha value is -2.17. The van der Waals surface area contributed by atoms with Gasteiger partial charge in [-0.3, -0.25) is 4.57 Å². The van der Waals surface area contributed by atoms with Gasteiger partial charge in [0.1, 0.15) is 6.33 Å². The van der Waals surface area contributed by atoms with Crippen molar-refractivity contribution in [3.05, 3.63) is 46.1 Å². The Morgan fingerprint density at radius 3 is 2.67 bits per heavy atom. The monoisotopic (exact) mass is 244 g/mol. The highest BCUT2D eigenvalue weighted by molar-refractivity contribution is 5.48. The van der Waals surface area contributed by atoms with Crippen molar-refractivity contribution in [1.82, 2.24) is 14.5 Å². The molecular formula is C13H16N4O. The molecule has 2 aromatic rings. The first kappa shape index (κ1) is 12.3. The largest absolute Gasteiger partial charge is 0.368 e. The van der Waals surface area contributed by atoms with Gasteiger partial charge in [0, 0.05) is 0 Å². The number of benzene rings is 1. The molecule has 0 fully saturated rings. The lowest BCUT2D eigenvalue weighted by Crippen LogP contribution is -2.24. The average molecular weight is 244 g/mol. The van der Waals surface area contributed by atoms with Gasteiger partial charge in [0.2, 0.25) is 5.95 Å². The fourth-order valence-electron chi connectivity index (χ4n) is 1.98. The first-order chi connectivity index (χ1) is 8.50. The maximum absolute atomic E-state index is 11.9. The number of para-hydroxylation sites is 1. The molecule has 0 radical (unpaired) electrons. The Balaban J connectivity index is 2.74. The van der Waals surface area contributed by atoms with E-state index in [2.05, 4.69) is 23.8 Å². The molecule has 0 aliphatic rings. The summed E-state index contributed by atoms with van der Waals surface area (Å²) in [5.41, 5.74) is 7.95. The second kappa shape index (κ2) is 4.60. The van der Waals surface area contributed by atoms with Gasteiger partial charge >= 0.3 is 5.69 Å². The van der Waals surface area contributed by atoms with Gasteiger partial charge in [0.25, 0.3) is 0 Å². The number of nitrogens with two attached hydrogens (primary N) is 1. The van der Waals surface area contributed by atoms with Gasteiger partial charge < -0.3 is 5.73 Å². The van der Waals surface area contributed by atoms with Crippen LogP contribution in [0.15, 0.2) is 29.3 Å². The maximum Gasteiger partial charge on any atom is 0.356 e. The third-order valence-corrected chi connectivity index (χ3v) is 2.85. The number of hydrogen-bond acceptors (Lipinski definition) is 4. The molecule has 0 unspecified atom stereocenters. The topological polar surface area (TPSA) is 73.8 Å². The van der Waals surface area contributed by atoms with E-state index in [1.54, 1.807) is 0 Å². The van der Waals surface area contributed by atoms with Gasteiger partial charge in [0.15, 0.2) is 0 Å². The Labute approximate surface area is 105 Å². The van der Waals surface area contributed by atoms with Crippen LogP contribution in [0.5, 0.6) is 0 Å². The molecule has 0 atom stereocenters. The summed E-state index contributed by atoms with van der Waals surface area (Å²) in [4.78, 5) is 19.5. The standard InChI is InChI=1S/C13H16N4O/c1-8(2)10-6-4-5-9(3)11(10)17-7-15-12(14)16-13(17)18/h4-8H,1-3H3,(H2,14,16,18). The van der Waals surface area contributed by atoms with E-state index < -0.39 is 5.69 Å². The highest BCUT2D eigenvalue weighted by atomic mass is 16.1. The smallest absolute Gasteiger partial charge is 0.356 e. The Bertz CT molecular complexity index is 631. The van der Waals surface area contributed by atoms with Crippen LogP contribution < -0.4 is 11.4 Å². The molecule has 0 saturated carbocycles. The van der Waals surface area contributed by atoms with E-state index in [9.17, 15) is 4.79 Å². The summed E-state index contributed by atoms with van der Waals surface area (Å²) in [5, 5.41) is 0. The molecule has 18 heavy (non-hydrogen) atoms. The Morgan fingerprint density at radius 2 is 2.06 bits per heavy atom. The Morgan fingerprint density at radius 1 is 1.33 bits per heavy atom. The number of nitrogens with zero attached hydrogens (tertiary/aromatic N) is 3. The SMILES string of the molecule is Cc1cccc(C(C)C)c1-n1cnc(N)nc1=O. The van der Waals surface area contributed by atoms with Crippen molar-refractivity contribution in [2.24, 2.45) is 0 Å². The summed E-state index contributed by atoms with van der Waals surface area (Å²) in [6.45, 7) is 6.13. The molecule has 5 heteroatoms. The fraction of sp³-hybridized carbons (Fsp3) is 0.308. The van der Waals surface area contributed by atoms with E-state index in [-0.39, 0.29) is 5.95 Å². The molecule has 5 nitrogen and oxygen atoms in total. The molecule has 0 amide bonds. The number of nitrogen functional groups attached to an aromatic ring is 1. The normalized spacial score (nSPS) is 10.9. The lowest BCUT2D eigenvalue weighted by Gasteiger charge is -2.16. The van der Waals surface area contributed by atoms with Crippen molar-refractivity contribution in [3.63, 3.8) is 0 Å². The maximum atomic E-state index is 11.9. The van der Waals surface area contributed by atoms with Gasteiger partial charge in [-0.2, -0.15) is 4.98 Å². The molecule has 0 aliphatic carbocycles. The minimum Gasteiger partial charge on any atom is -0.368 e. The Kier molecular flexibility index (Phi) is 3.14. The lowest BCUT2D eigenvalue weighted by molar-refractivity contribution is 0.805. The third-order valence-electron chi connectivity index (χ3n) is 2.85. The summed E-state index contributed by atoms with van der Waals surface area (Å²) in [7, 11) is 0. The molecule has 94 valence electrons. The van der Waals surface area contributed by atoms with Crippen LogP contribution in [-0.2, 0) is 0 Å². The zero-order chi connectivity index (χ0) is 13.3. The van der Waals surface area contributed by atoms with Crippen molar-refractivity contribution >= 4 is 5.95 Å². The minimum absolute atomic E-state index is 0.00377. The van der Waals surface area contributed by atoms with E-state index in [0.717, 1.165) is 16.8 Å². The first-order valence-electron chi connectivity index (χ1n) is 5.81. The van der Waals surface area contributed by atoms with Crippen LogP contribution in [0.1, 0.15) is 30.9 Å². The summed E-state index contributed by atoms with van der Waals surface area (Å²) in [5.74, 6) is 0.306. The van der Waals surface area contributed by atoms with E-state index in [1.165, 1.54) is 10.9 Å². The zero-order valence-electron chi connectivity index (χ0n) is 10.7. The van der Waals surface area contributed by atoms with Crippen LogP contribution in [-0.4, -0.2) is 14.5 Å².